The van der Waals surface area contributed by atoms with Crippen LogP contribution < -0.4 is 27.0 Å². The van der Waals surface area contributed by atoms with Crippen LogP contribution in [-0.2, 0) is 28.7 Å². The van der Waals surface area contributed by atoms with Crippen molar-refractivity contribution in [3.63, 3.8) is 0 Å². The number of nitrogens with two attached hydrogens (primary N) is 1. The van der Waals surface area contributed by atoms with E-state index >= 15 is 0 Å². The molecule has 2 aliphatic rings. The zero-order valence-electron chi connectivity index (χ0n) is 33.1. The van der Waals surface area contributed by atoms with Crippen molar-refractivity contribution in [1.29, 1.82) is 5.41 Å². The number of likely N-dealkylation sites (tertiary alicyclic amines) is 1. The minimum absolute atomic E-state index is 0.00434. The third-order valence-electron chi connectivity index (χ3n) is 9.65. The van der Waals surface area contributed by atoms with E-state index in [1.807, 2.05) is 4.90 Å². The van der Waals surface area contributed by atoms with E-state index in [0.717, 1.165) is 17.2 Å². The maximum Gasteiger partial charge on any atom is 0.269 e. The fourth-order valence-corrected chi connectivity index (χ4v) is 7.14. The van der Waals surface area contributed by atoms with Crippen LogP contribution in [0.1, 0.15) is 76.5 Å². The molecule has 0 aliphatic carbocycles. The number of halogens is 3. The monoisotopic (exact) mass is 874 g/mol. The van der Waals surface area contributed by atoms with Gasteiger partial charge in [0.2, 0.25) is 5.91 Å². The van der Waals surface area contributed by atoms with Gasteiger partial charge in [-0.1, -0.05) is 36.2 Å². The van der Waals surface area contributed by atoms with Crippen LogP contribution in [-0.4, -0.2) is 129 Å². The first-order chi connectivity index (χ1) is 28.8. The number of benzene rings is 2. The van der Waals surface area contributed by atoms with Crippen molar-refractivity contribution in [2.45, 2.75) is 57.5 Å². The van der Waals surface area contributed by atoms with Gasteiger partial charge in [-0.15, -0.1) is 0 Å². The zero-order valence-corrected chi connectivity index (χ0v) is 34.6. The molecule has 2 aliphatic heterocycles. The Hall–Kier alpha value is -5.27. The van der Waals surface area contributed by atoms with Crippen LogP contribution in [0.2, 0.25) is 10.0 Å². The number of rotatable bonds is 24. The molecule has 324 valence electrons. The molecule has 0 bridgehead atoms. The lowest BCUT2D eigenvalue weighted by atomic mass is 10.0. The van der Waals surface area contributed by atoms with E-state index in [0.29, 0.717) is 38.6 Å². The van der Waals surface area contributed by atoms with E-state index in [2.05, 4.69) is 21.3 Å². The Bertz CT molecular complexity index is 1960. The van der Waals surface area contributed by atoms with E-state index in [1.54, 1.807) is 13.0 Å². The molecule has 1 fully saturated rings. The quantitative estimate of drug-likeness (QED) is 0.0294. The molecular formula is C40H49Cl2FN8O9. The van der Waals surface area contributed by atoms with Crippen LogP contribution in [0.15, 0.2) is 41.7 Å². The van der Waals surface area contributed by atoms with Crippen molar-refractivity contribution < 1.29 is 47.4 Å². The molecule has 0 spiro atoms. The van der Waals surface area contributed by atoms with Crippen LogP contribution in [0.3, 0.4) is 0 Å². The summed E-state index contributed by atoms with van der Waals surface area (Å²) in [5.41, 5.74) is 5.21. The Morgan fingerprint density at radius 2 is 1.63 bits per heavy atom. The zero-order chi connectivity index (χ0) is 43.8. The minimum Gasteiger partial charge on any atom is -0.393 e. The standard InChI is InChI=1S/C40H49Cl2FN8O9/c1-2-5-33(53)32(8-4-15-52)51-39(57)25-20-29(43)30(21-26(25)40(51)58)46-11-16-59-18-19-60-17-12-47-34(54)23-50-13-9-24(10-14-50)48-38(56)36(45)31(22-44)49-37(55)35-27(41)6-3-7-28(35)42/h3,6-7,15,20-22,24,32,44,46H,2,4-5,8-14,16-19,23,45H2,1H3,(H,47,54)(H,48,56)(H,49,55)/b36-31+,44-22?. The number of Topliss-reactive ketones (excluding diaryl/α,β-unsaturated/α-hetero) is 1. The summed E-state index contributed by atoms with van der Waals surface area (Å²) in [6.45, 7) is 4.32. The molecule has 60 heavy (non-hydrogen) atoms. The van der Waals surface area contributed by atoms with Crippen molar-refractivity contribution in [1.82, 2.24) is 25.8 Å². The molecule has 2 aromatic carbocycles. The lowest BCUT2D eigenvalue weighted by molar-refractivity contribution is -0.124. The number of carbonyl (C=O) groups is 7. The van der Waals surface area contributed by atoms with Crippen LogP contribution in [0.4, 0.5) is 10.1 Å². The molecule has 0 aromatic heterocycles. The van der Waals surface area contributed by atoms with Gasteiger partial charge in [0, 0.05) is 51.3 Å². The van der Waals surface area contributed by atoms with Gasteiger partial charge in [-0.25, -0.2) is 4.39 Å². The first-order valence-electron chi connectivity index (χ1n) is 19.4. The highest BCUT2D eigenvalue weighted by molar-refractivity contribution is 6.39. The number of imide groups is 1. The SMILES string of the molecule is CCCC(=O)C(CCC=O)N1C(=O)c2cc(F)c(NCCOCCOCCNC(=O)CN3CCC(NC(=O)/C(N)=C(/C=N)NC(=O)c4c(Cl)cccc4Cl)CC3)cc2C1=O. The van der Waals surface area contributed by atoms with Crippen molar-refractivity contribution in [3.05, 3.63) is 74.3 Å². The molecule has 1 saturated heterocycles. The number of piperidine rings is 1. The van der Waals surface area contributed by atoms with Gasteiger partial charge in [-0.3, -0.25) is 38.6 Å². The second-order valence-electron chi connectivity index (χ2n) is 13.9. The number of ketones is 1. The maximum atomic E-state index is 14.9. The van der Waals surface area contributed by atoms with Crippen LogP contribution in [0.25, 0.3) is 0 Å². The normalized spacial score (nSPS) is 15.2. The van der Waals surface area contributed by atoms with E-state index in [4.69, 9.17) is 43.8 Å². The van der Waals surface area contributed by atoms with Gasteiger partial charge in [0.25, 0.3) is 23.6 Å². The van der Waals surface area contributed by atoms with Gasteiger partial charge >= 0.3 is 0 Å². The Morgan fingerprint density at radius 3 is 2.25 bits per heavy atom. The third kappa shape index (κ3) is 12.9. The number of ether oxygens (including phenoxy) is 2. The highest BCUT2D eigenvalue weighted by Gasteiger charge is 2.43. The first-order valence-corrected chi connectivity index (χ1v) is 20.2. The lowest BCUT2D eigenvalue weighted by Gasteiger charge is -2.31. The van der Waals surface area contributed by atoms with Gasteiger partial charge in [0.15, 0.2) is 5.78 Å². The number of anilines is 1. The molecule has 2 aromatic rings. The van der Waals surface area contributed by atoms with Crippen LogP contribution in [0.5, 0.6) is 0 Å². The Labute approximate surface area is 356 Å². The summed E-state index contributed by atoms with van der Waals surface area (Å²) in [7, 11) is 0. The molecule has 4 rings (SSSR count). The first kappa shape index (κ1) is 47.4. The summed E-state index contributed by atoms with van der Waals surface area (Å²) >= 11 is 12.2. The molecule has 0 saturated carbocycles. The van der Waals surface area contributed by atoms with Gasteiger partial charge < -0.3 is 46.7 Å². The summed E-state index contributed by atoms with van der Waals surface area (Å²) < 4.78 is 25.9. The lowest BCUT2D eigenvalue weighted by Crippen LogP contribution is -2.48. The number of nitrogens with zero attached hydrogens (tertiary/aromatic N) is 2. The predicted octanol–water partition coefficient (Wildman–Crippen LogP) is 2.84. The molecule has 20 heteroatoms. The van der Waals surface area contributed by atoms with Gasteiger partial charge in [0.1, 0.15) is 17.8 Å². The summed E-state index contributed by atoms with van der Waals surface area (Å²) in [5.74, 6) is -4.14. The summed E-state index contributed by atoms with van der Waals surface area (Å²) in [6, 6.07) is 5.41. The number of aldehydes is 1. The smallest absolute Gasteiger partial charge is 0.269 e. The highest BCUT2D eigenvalue weighted by Crippen LogP contribution is 2.31. The van der Waals surface area contributed by atoms with Crippen LogP contribution >= 0.6 is 23.2 Å². The number of allylic oxidation sites excluding steroid dienone is 1. The Balaban J connectivity index is 1.08. The molecular weight excluding hydrogens is 826 g/mol. The maximum absolute atomic E-state index is 14.9. The fraction of sp³-hybridized carbons (Fsp3) is 0.450. The summed E-state index contributed by atoms with van der Waals surface area (Å²) in [6.07, 6.45) is 3.09. The van der Waals surface area contributed by atoms with Gasteiger partial charge in [-0.05, 0) is 49.9 Å². The average molecular weight is 876 g/mol. The van der Waals surface area contributed by atoms with E-state index in [1.165, 1.54) is 18.2 Å². The third-order valence-corrected chi connectivity index (χ3v) is 10.3. The number of hydrogen-bond donors (Lipinski definition) is 6. The molecule has 1 atom stereocenters. The second kappa shape index (κ2) is 23.5. The van der Waals surface area contributed by atoms with E-state index in [9.17, 15) is 38.0 Å². The van der Waals surface area contributed by atoms with Crippen molar-refractivity contribution >= 4 is 76.7 Å². The molecule has 5 amide bonds. The predicted molar refractivity (Wildman–Crippen MR) is 221 cm³/mol. The minimum atomic E-state index is -1.10. The number of fused-ring (bicyclic) bond motifs is 1. The van der Waals surface area contributed by atoms with Crippen molar-refractivity contribution in [2.24, 2.45) is 5.73 Å². The van der Waals surface area contributed by atoms with Crippen LogP contribution in [0, 0.1) is 11.2 Å². The summed E-state index contributed by atoms with van der Waals surface area (Å²) in [4.78, 5) is 90.7. The number of amides is 5. The number of carbonyl (C=O) groups excluding carboxylic acids is 7. The fourth-order valence-electron chi connectivity index (χ4n) is 6.57. The molecule has 2 heterocycles. The summed E-state index contributed by atoms with van der Waals surface area (Å²) in [5, 5.41) is 18.7. The topological polar surface area (TPSA) is 242 Å². The van der Waals surface area contributed by atoms with E-state index in [-0.39, 0.29) is 127 Å². The number of hydrogen-bond acceptors (Lipinski definition) is 13. The Morgan fingerprint density at radius 1 is 1.00 bits per heavy atom. The van der Waals surface area contributed by atoms with Crippen molar-refractivity contribution in [2.75, 3.05) is 64.5 Å². The molecule has 0 radical (unpaired) electrons. The molecule has 1 unspecified atom stereocenters. The molecule has 17 nitrogen and oxygen atoms in total. The second-order valence-corrected chi connectivity index (χ2v) is 14.7. The Kier molecular flexibility index (Phi) is 18.6. The largest absolute Gasteiger partial charge is 0.393 e. The van der Waals surface area contributed by atoms with Gasteiger partial charge in [0.05, 0.1) is 77.1 Å². The van der Waals surface area contributed by atoms with E-state index < -0.39 is 35.5 Å². The number of nitrogens with one attached hydrogen (secondary N) is 5. The average Bonchev–Trinajstić information content (AvgIpc) is 3.45. The van der Waals surface area contributed by atoms with Gasteiger partial charge in [-0.2, -0.15) is 0 Å². The molecule has 7 N–H and O–H groups in total. The van der Waals surface area contributed by atoms with Crippen molar-refractivity contribution in [3.8, 4) is 0 Å². The highest BCUT2D eigenvalue weighted by atomic mass is 35.5.